The summed E-state index contributed by atoms with van der Waals surface area (Å²) in [5.41, 5.74) is 1.24. The van der Waals surface area contributed by atoms with E-state index in [1.165, 1.54) is 0 Å². The second-order valence-corrected chi connectivity index (χ2v) is 7.91. The number of sulfone groups is 1. The third kappa shape index (κ3) is 4.08. The van der Waals surface area contributed by atoms with E-state index in [-0.39, 0.29) is 22.6 Å². The lowest BCUT2D eigenvalue weighted by molar-refractivity contribution is 0.415. The zero-order chi connectivity index (χ0) is 15.6. The summed E-state index contributed by atoms with van der Waals surface area (Å²) in [5.74, 6) is 0.828. The van der Waals surface area contributed by atoms with Crippen LogP contribution in [0.1, 0.15) is 19.4 Å². The predicted molar refractivity (Wildman–Crippen MR) is 85.6 cm³/mol. The Hall–Kier alpha value is -1.33. The van der Waals surface area contributed by atoms with E-state index in [4.69, 9.17) is 16.3 Å². The van der Waals surface area contributed by atoms with Gasteiger partial charge in [0.25, 0.3) is 0 Å². The molecule has 1 heterocycles. The van der Waals surface area contributed by atoms with Gasteiger partial charge >= 0.3 is 0 Å². The fraction of sp³-hybridized carbons (Fsp3) is 0.400. The topological polar surface area (TPSA) is 56.3 Å². The van der Waals surface area contributed by atoms with Crippen LogP contribution in [0.2, 0.25) is 5.15 Å². The average Bonchev–Trinajstić information content (AvgIpc) is 2.37. The van der Waals surface area contributed by atoms with Crippen LogP contribution in [0.3, 0.4) is 0 Å². The largest absolute Gasteiger partial charge is 0.497 e. The molecule has 0 amide bonds. The van der Waals surface area contributed by atoms with E-state index in [0.717, 1.165) is 5.39 Å². The number of fused-ring (bicyclic) bond motifs is 1. The smallest absolute Gasteiger partial charge is 0.154 e. The summed E-state index contributed by atoms with van der Waals surface area (Å²) in [7, 11) is -1.61. The van der Waals surface area contributed by atoms with Crippen LogP contribution in [-0.4, -0.2) is 26.3 Å². The summed E-state index contributed by atoms with van der Waals surface area (Å²) in [4.78, 5) is 4.26. The molecule has 0 aliphatic carbocycles. The van der Waals surface area contributed by atoms with Crippen molar-refractivity contribution in [3.8, 4) is 5.75 Å². The van der Waals surface area contributed by atoms with Crippen molar-refractivity contribution in [1.29, 1.82) is 0 Å². The van der Waals surface area contributed by atoms with E-state index in [0.29, 0.717) is 16.8 Å². The highest BCUT2D eigenvalue weighted by Crippen LogP contribution is 2.26. The molecule has 0 saturated carbocycles. The molecule has 6 heteroatoms. The van der Waals surface area contributed by atoms with Gasteiger partial charge in [-0.25, -0.2) is 13.4 Å². The summed E-state index contributed by atoms with van der Waals surface area (Å²) in [6.07, 6.45) is 0. The fourth-order valence-electron chi connectivity index (χ4n) is 2.21. The first-order valence-electron chi connectivity index (χ1n) is 6.64. The third-order valence-electron chi connectivity index (χ3n) is 3.01. The number of pyridine rings is 1. The molecule has 0 aliphatic rings. The Morgan fingerprint density at radius 2 is 2.00 bits per heavy atom. The van der Waals surface area contributed by atoms with Crippen LogP contribution in [0, 0.1) is 5.92 Å². The van der Waals surface area contributed by atoms with Gasteiger partial charge in [0.15, 0.2) is 9.84 Å². The van der Waals surface area contributed by atoms with Crippen LogP contribution >= 0.6 is 11.6 Å². The second-order valence-electron chi connectivity index (χ2n) is 5.45. The molecule has 0 bridgehead atoms. The zero-order valence-corrected chi connectivity index (χ0v) is 13.8. The zero-order valence-electron chi connectivity index (χ0n) is 12.3. The number of halogens is 1. The Kier molecular flexibility index (Phi) is 4.74. The SMILES string of the molecule is COc1ccc2nc(Cl)c(CS(=O)(=O)CC(C)C)cc2c1. The van der Waals surface area contributed by atoms with Crippen molar-refractivity contribution < 1.29 is 13.2 Å². The maximum absolute atomic E-state index is 12.1. The van der Waals surface area contributed by atoms with E-state index >= 15 is 0 Å². The number of aromatic nitrogens is 1. The Morgan fingerprint density at radius 1 is 1.29 bits per heavy atom. The number of rotatable bonds is 5. The number of benzene rings is 1. The Labute approximate surface area is 130 Å². The maximum atomic E-state index is 12.1. The fourth-order valence-corrected chi connectivity index (χ4v) is 4.33. The highest BCUT2D eigenvalue weighted by Gasteiger charge is 2.17. The lowest BCUT2D eigenvalue weighted by atomic mass is 10.1. The lowest BCUT2D eigenvalue weighted by Crippen LogP contribution is -2.14. The van der Waals surface area contributed by atoms with Crippen LogP contribution < -0.4 is 4.74 Å². The Balaban J connectivity index is 2.42. The monoisotopic (exact) mass is 327 g/mol. The lowest BCUT2D eigenvalue weighted by Gasteiger charge is -2.10. The van der Waals surface area contributed by atoms with Crippen molar-refractivity contribution in [1.82, 2.24) is 4.98 Å². The summed E-state index contributed by atoms with van der Waals surface area (Å²) < 4.78 is 29.4. The number of ether oxygens (including phenoxy) is 1. The van der Waals surface area contributed by atoms with Crippen molar-refractivity contribution >= 4 is 32.3 Å². The van der Waals surface area contributed by atoms with Crippen molar-refractivity contribution in [2.75, 3.05) is 12.9 Å². The van der Waals surface area contributed by atoms with Crippen molar-refractivity contribution in [3.63, 3.8) is 0 Å². The molecule has 2 aromatic rings. The second kappa shape index (κ2) is 6.20. The van der Waals surface area contributed by atoms with E-state index in [1.807, 2.05) is 19.9 Å². The molecular formula is C15H18ClNO3S. The van der Waals surface area contributed by atoms with Gasteiger partial charge in [-0.15, -0.1) is 0 Å². The molecule has 1 aromatic carbocycles. The van der Waals surface area contributed by atoms with Crippen LogP contribution in [-0.2, 0) is 15.6 Å². The molecule has 2 rings (SSSR count). The number of methoxy groups -OCH3 is 1. The van der Waals surface area contributed by atoms with Gasteiger partial charge in [0.05, 0.1) is 24.1 Å². The summed E-state index contributed by atoms with van der Waals surface area (Å²) in [6.45, 7) is 3.76. The van der Waals surface area contributed by atoms with Gasteiger partial charge in [0, 0.05) is 10.9 Å². The number of nitrogens with zero attached hydrogens (tertiary/aromatic N) is 1. The van der Waals surface area contributed by atoms with E-state index in [1.54, 1.807) is 25.3 Å². The molecule has 0 radical (unpaired) electrons. The molecular weight excluding hydrogens is 310 g/mol. The van der Waals surface area contributed by atoms with Gasteiger partial charge in [-0.1, -0.05) is 25.4 Å². The molecule has 4 nitrogen and oxygen atoms in total. The molecule has 114 valence electrons. The van der Waals surface area contributed by atoms with Gasteiger partial charge in [0.1, 0.15) is 10.9 Å². The molecule has 0 N–H and O–H groups in total. The van der Waals surface area contributed by atoms with E-state index in [9.17, 15) is 8.42 Å². The average molecular weight is 328 g/mol. The third-order valence-corrected chi connectivity index (χ3v) is 5.26. The van der Waals surface area contributed by atoms with Crippen molar-refractivity contribution in [2.24, 2.45) is 5.92 Å². The first-order valence-corrected chi connectivity index (χ1v) is 8.84. The highest BCUT2D eigenvalue weighted by molar-refractivity contribution is 7.90. The van der Waals surface area contributed by atoms with Gasteiger partial charge in [0.2, 0.25) is 0 Å². The molecule has 0 fully saturated rings. The van der Waals surface area contributed by atoms with E-state index in [2.05, 4.69) is 4.98 Å². The van der Waals surface area contributed by atoms with Crippen LogP contribution in [0.25, 0.3) is 10.9 Å². The Morgan fingerprint density at radius 3 is 2.62 bits per heavy atom. The summed E-state index contributed by atoms with van der Waals surface area (Å²) in [5, 5.41) is 1.05. The normalized spacial score (nSPS) is 12.0. The number of hydrogen-bond donors (Lipinski definition) is 0. The van der Waals surface area contributed by atoms with Crippen molar-refractivity contribution in [3.05, 3.63) is 35.0 Å². The van der Waals surface area contributed by atoms with Crippen LogP contribution in [0.5, 0.6) is 5.75 Å². The standard InChI is InChI=1S/C15H18ClNO3S/c1-10(2)8-21(18,19)9-12-6-11-7-13(20-3)4-5-14(11)17-15(12)16/h4-7,10H,8-9H2,1-3H3. The van der Waals surface area contributed by atoms with Gasteiger partial charge in [-0.3, -0.25) is 0 Å². The number of hydrogen-bond acceptors (Lipinski definition) is 4. The van der Waals surface area contributed by atoms with E-state index < -0.39 is 9.84 Å². The molecule has 0 atom stereocenters. The predicted octanol–water partition coefficient (Wildman–Crippen LogP) is 3.47. The van der Waals surface area contributed by atoms with Crippen molar-refractivity contribution in [2.45, 2.75) is 19.6 Å². The first-order chi connectivity index (χ1) is 9.80. The molecule has 0 unspecified atom stereocenters. The van der Waals surface area contributed by atoms with Gasteiger partial charge < -0.3 is 4.74 Å². The van der Waals surface area contributed by atoms with Crippen LogP contribution in [0.15, 0.2) is 24.3 Å². The minimum absolute atomic E-state index is 0.0854. The molecule has 0 saturated heterocycles. The minimum atomic E-state index is -3.20. The molecule has 0 spiro atoms. The molecule has 1 aromatic heterocycles. The summed E-state index contributed by atoms with van der Waals surface area (Å²) in [6, 6.07) is 7.18. The maximum Gasteiger partial charge on any atom is 0.154 e. The highest BCUT2D eigenvalue weighted by atomic mass is 35.5. The van der Waals surface area contributed by atoms with Gasteiger partial charge in [-0.2, -0.15) is 0 Å². The molecule has 0 aliphatic heterocycles. The van der Waals surface area contributed by atoms with Crippen LogP contribution in [0.4, 0.5) is 0 Å². The summed E-state index contributed by atoms with van der Waals surface area (Å²) >= 11 is 6.11. The first kappa shape index (κ1) is 16.0. The minimum Gasteiger partial charge on any atom is -0.497 e. The quantitative estimate of drug-likeness (QED) is 0.789. The molecule has 21 heavy (non-hydrogen) atoms. The van der Waals surface area contributed by atoms with Gasteiger partial charge in [-0.05, 0) is 30.2 Å². The Bertz CT molecular complexity index is 757.